The highest BCUT2D eigenvalue weighted by atomic mass is 19.1. The average molecular weight is 1800 g/mol. The normalized spacial score (nSPS) is 12.4. The molecule has 0 N–H and O–H groups in total. The first kappa shape index (κ1) is 88.5. The fourth-order valence-electron chi connectivity index (χ4n) is 19.9. The molecule has 0 saturated heterocycles. The number of benzene rings is 10. The lowest BCUT2D eigenvalue weighted by Gasteiger charge is -2.14. The van der Waals surface area contributed by atoms with Crippen LogP contribution in [0.15, 0.2) is 250 Å². The molecule has 10 aromatic carbocycles. The number of hydrogen-bond acceptors (Lipinski definition) is 7. The molecule has 0 aliphatic rings. The zero-order chi connectivity index (χ0) is 100. The second kappa shape index (κ2) is 38.4. The molecule has 0 amide bonds. The van der Waals surface area contributed by atoms with Crippen molar-refractivity contribution < 1.29 is 46.0 Å². The Balaban J connectivity index is 0.000000123. The Kier molecular flexibility index (Phi) is 25.0. The van der Waals surface area contributed by atoms with Gasteiger partial charge < -0.3 is 13.3 Å². The van der Waals surface area contributed by atoms with Crippen molar-refractivity contribution in [2.24, 2.45) is 58.9 Å². The zero-order valence-electron chi connectivity index (χ0n) is 87.9. The van der Waals surface area contributed by atoms with Crippen molar-refractivity contribution in [3.8, 4) is 56.3 Å². The number of fused-ring (bicyclic) bond motifs is 15. The standard InChI is InChI=1S/C31H29N2O.2C28H29N2O.C22H26FN2.C14H16N/c1-18(2)17-21-9-8-12-26-23(21)15-16-27(33(26)5)28-20(4)22-10-6-7-11-24(22)29-25-14-13-19(3)32-31(25)34-30(28)29;2*1-16(2)14-20-8-7-9-24-21(20)12-13-25(30(24)6)26-19(5)17(3)15-23-22-11-10-18(4)29-28(22)31-27(23)26;1-13(2)9-17-7-8-18-20(11-17)24-12-25(6)22(18)19-10-14(3)21(23)16(5)15(19)4;1-11-7-4-5-9-13(11)14-10-6-8-12(2)15(14)3/h6-16,18H,17H2,1-5H3;2*7-13,15-16H,14H2,1-6H3;7-8,10-13H,9H2,1-6H3;4-10H,1-3H3/q5*+1/i17D2;14D2;;;. The largest absolute Gasteiger partial charge is 0.437 e. The highest BCUT2D eigenvalue weighted by Crippen LogP contribution is 2.46. The summed E-state index contributed by atoms with van der Waals surface area (Å²) in [6.45, 7) is 43.4. The first-order chi connectivity index (χ1) is 66.6. The molecule has 0 aliphatic heterocycles. The molecule has 0 unspecified atom stereocenters. The van der Waals surface area contributed by atoms with E-state index in [0.717, 1.165) is 190 Å². The van der Waals surface area contributed by atoms with Gasteiger partial charge in [0, 0.05) is 138 Å². The SMILES string of the molecule is Cc1cc(-c2c3ccc(CC(C)C)cc3nc[n+]2C)c(C)c(C)c1F.Cc1ccc2c(n1)oc1c(-c3ccc4c(CC(C)C)cccc4[n+]3C)c(C)c(C)cc12.Cc1ccccc1-c1cccc(C)[n+]1C.[2H]C([2H])(c1cccc2c1ccc(-c1c(C)c(C)cc3c1oc1nc(C)ccc13)[n+]2C)C(C)C.[2H]C([2H])(c1cccc2c1ccc(-c1c(C)c3ccccc3c3c1oc1nc(C)ccc13)[n+]2C)C(C)C. The molecule has 0 bridgehead atoms. The minimum atomic E-state index is -1.43. The molecule has 0 spiro atoms. The molecule has 0 aliphatic carbocycles. The second-order valence-electron chi connectivity index (χ2n) is 38.9. The average Bonchev–Trinajstić information content (AvgIpc) is 1.53. The monoisotopic (exact) mass is 1800 g/mol. The van der Waals surface area contributed by atoms with Gasteiger partial charge in [0.05, 0.1) is 29.1 Å². The van der Waals surface area contributed by atoms with Crippen LogP contribution >= 0.6 is 0 Å². The Morgan fingerprint density at radius 2 is 0.765 bits per heavy atom. The summed E-state index contributed by atoms with van der Waals surface area (Å²) in [6.07, 6.45) is 1.14. The molecule has 13 heteroatoms. The Morgan fingerprint density at radius 1 is 0.324 bits per heavy atom. The van der Waals surface area contributed by atoms with E-state index in [-0.39, 0.29) is 17.7 Å². The van der Waals surface area contributed by atoms with E-state index in [1.165, 1.54) is 72.2 Å². The summed E-state index contributed by atoms with van der Waals surface area (Å²) in [5, 5.41) is 13.0. The lowest BCUT2D eigenvalue weighted by molar-refractivity contribution is -0.666. The van der Waals surface area contributed by atoms with Crippen molar-refractivity contribution in [1.82, 2.24) is 19.9 Å². The molecule has 0 fully saturated rings. The molecule has 12 nitrogen and oxygen atoms in total. The number of aryl methyl sites for hydroxylation is 13. The highest BCUT2D eigenvalue weighted by Gasteiger charge is 2.31. The van der Waals surface area contributed by atoms with Crippen LogP contribution in [0.1, 0.15) is 156 Å². The van der Waals surface area contributed by atoms with Crippen LogP contribution in [0.4, 0.5) is 4.39 Å². The maximum Gasteiger partial charge on any atom is 0.287 e. The smallest absolute Gasteiger partial charge is 0.287 e. The summed E-state index contributed by atoms with van der Waals surface area (Å²) in [5.41, 5.74) is 38.0. The fraction of sp³-hybridized carbons (Fsp3) is 0.276. The summed E-state index contributed by atoms with van der Waals surface area (Å²) in [7, 11) is 10.4. The van der Waals surface area contributed by atoms with Crippen molar-refractivity contribution in [3.63, 3.8) is 0 Å². The second-order valence-corrected chi connectivity index (χ2v) is 38.9. The van der Waals surface area contributed by atoms with Crippen LogP contribution in [-0.2, 0) is 60.8 Å². The molecule has 21 rings (SSSR count). The summed E-state index contributed by atoms with van der Waals surface area (Å²) in [6, 6.07) is 80.0. The van der Waals surface area contributed by atoms with Gasteiger partial charge in [-0.15, -0.1) is 0 Å². The van der Waals surface area contributed by atoms with Gasteiger partial charge in [0.1, 0.15) is 39.7 Å². The van der Waals surface area contributed by atoms with Crippen molar-refractivity contribution in [3.05, 3.63) is 338 Å². The van der Waals surface area contributed by atoms with Crippen LogP contribution < -0.4 is 22.8 Å². The Morgan fingerprint density at radius 3 is 1.27 bits per heavy atom. The van der Waals surface area contributed by atoms with E-state index in [2.05, 4.69) is 319 Å². The third-order valence-electron chi connectivity index (χ3n) is 27.3. The van der Waals surface area contributed by atoms with Crippen molar-refractivity contribution in [2.45, 2.75) is 171 Å². The number of furan rings is 3. The summed E-state index contributed by atoms with van der Waals surface area (Å²) < 4.78 is 79.2. The van der Waals surface area contributed by atoms with Crippen LogP contribution in [-0.4, -0.2) is 19.9 Å². The van der Waals surface area contributed by atoms with E-state index in [4.69, 9.17) is 23.7 Å². The summed E-state index contributed by atoms with van der Waals surface area (Å²) in [5.74, 6) is 0.865. The molecule has 11 aromatic heterocycles. The minimum Gasteiger partial charge on any atom is -0.437 e. The molecule has 136 heavy (non-hydrogen) atoms. The maximum absolute atomic E-state index is 14.3. The van der Waals surface area contributed by atoms with Crippen LogP contribution in [0.3, 0.4) is 0 Å². The van der Waals surface area contributed by atoms with Gasteiger partial charge in [0.25, 0.3) is 6.33 Å². The van der Waals surface area contributed by atoms with E-state index in [9.17, 15) is 4.39 Å². The summed E-state index contributed by atoms with van der Waals surface area (Å²) >= 11 is 0. The van der Waals surface area contributed by atoms with Crippen LogP contribution in [0.5, 0.6) is 0 Å². The number of halogens is 1. The fourth-order valence-corrected chi connectivity index (χ4v) is 19.9. The third kappa shape index (κ3) is 17.9. The van der Waals surface area contributed by atoms with E-state index >= 15 is 0 Å². The quantitative estimate of drug-likeness (QED) is 0.106. The predicted molar refractivity (Wildman–Crippen MR) is 562 cm³/mol. The van der Waals surface area contributed by atoms with E-state index in [1.54, 1.807) is 0 Å². The minimum absolute atomic E-state index is 0.110. The van der Waals surface area contributed by atoms with Gasteiger partial charge in [0.15, 0.2) is 28.0 Å². The number of hydrogen-bond donors (Lipinski definition) is 0. The highest BCUT2D eigenvalue weighted by molar-refractivity contribution is 6.23. The van der Waals surface area contributed by atoms with E-state index in [0.29, 0.717) is 34.5 Å². The maximum atomic E-state index is 14.3. The zero-order valence-corrected chi connectivity index (χ0v) is 83.9. The van der Waals surface area contributed by atoms with E-state index < -0.39 is 12.7 Å². The number of pyridine rings is 7. The molecule has 21 aromatic rings. The first-order valence-electron chi connectivity index (χ1n) is 49.8. The van der Waals surface area contributed by atoms with Crippen molar-refractivity contribution in [2.75, 3.05) is 0 Å². The third-order valence-corrected chi connectivity index (χ3v) is 27.3. The number of nitrogens with zero attached hydrogens (tertiary/aromatic N) is 9. The molecular formula is C123H129FN9O3+5. The topological polar surface area (TPSA) is 110 Å². The predicted octanol–water partition coefficient (Wildman–Crippen LogP) is 28.9. The lowest BCUT2D eigenvalue weighted by atomic mass is 9.92. The van der Waals surface area contributed by atoms with Crippen molar-refractivity contribution >= 4 is 121 Å². The summed E-state index contributed by atoms with van der Waals surface area (Å²) in [4.78, 5) is 18.6. The molecule has 0 radical (unpaired) electrons. The van der Waals surface area contributed by atoms with Gasteiger partial charge in [-0.05, 0) is 317 Å². The van der Waals surface area contributed by atoms with Crippen LogP contribution in [0, 0.1) is 119 Å². The molecule has 0 atom stereocenters. The molecule has 686 valence electrons. The first-order valence-corrected chi connectivity index (χ1v) is 47.8. The lowest BCUT2D eigenvalue weighted by Crippen LogP contribution is -2.34. The molecule has 0 saturated carbocycles. The van der Waals surface area contributed by atoms with Gasteiger partial charge in [-0.3, -0.25) is 0 Å². The van der Waals surface area contributed by atoms with Crippen LogP contribution in [0.25, 0.3) is 177 Å². The van der Waals surface area contributed by atoms with Gasteiger partial charge in [-0.2, -0.15) is 18.3 Å². The Labute approximate surface area is 805 Å². The number of rotatable bonds is 13. The Bertz CT molecular complexity index is 8530. The molecular weight excluding hydrogens is 1670 g/mol. The van der Waals surface area contributed by atoms with Crippen molar-refractivity contribution in [1.29, 1.82) is 0 Å². The van der Waals surface area contributed by atoms with Gasteiger partial charge in [-0.1, -0.05) is 140 Å². The number of aromatic nitrogens is 9. The van der Waals surface area contributed by atoms with Crippen LogP contribution in [0.2, 0.25) is 0 Å². The molecule has 11 heterocycles. The van der Waals surface area contributed by atoms with E-state index in [1.807, 2.05) is 137 Å². The van der Waals surface area contributed by atoms with Gasteiger partial charge >= 0.3 is 0 Å². The van der Waals surface area contributed by atoms with Gasteiger partial charge in [0.2, 0.25) is 56.5 Å². The van der Waals surface area contributed by atoms with Gasteiger partial charge in [-0.25, -0.2) is 23.9 Å². The Hall–Kier alpha value is -14.0.